The Balaban J connectivity index is 1.88. The van der Waals surface area contributed by atoms with Crippen LogP contribution in [0.5, 0.6) is 0 Å². The first-order chi connectivity index (χ1) is 9.16. The van der Waals surface area contributed by atoms with Crippen molar-refractivity contribution in [2.45, 2.75) is 38.1 Å². The van der Waals surface area contributed by atoms with E-state index in [4.69, 9.17) is 5.11 Å². The Hall–Kier alpha value is -1.42. The average Bonchev–Trinajstić information content (AvgIpc) is 2.83. The molecule has 1 fully saturated rings. The lowest BCUT2D eigenvalue weighted by Gasteiger charge is -2.24. The van der Waals surface area contributed by atoms with Crippen LogP contribution < -0.4 is 0 Å². The van der Waals surface area contributed by atoms with E-state index in [0.29, 0.717) is 12.5 Å². The van der Waals surface area contributed by atoms with E-state index < -0.39 is 5.97 Å². The number of benzene rings is 1. The largest absolute Gasteiger partial charge is 0.481 e. The van der Waals surface area contributed by atoms with Crippen molar-refractivity contribution < 1.29 is 14.3 Å². The first kappa shape index (κ1) is 14.0. The summed E-state index contributed by atoms with van der Waals surface area (Å²) in [5.41, 5.74) is 1.04. The second-order valence-corrected chi connectivity index (χ2v) is 5.10. The van der Waals surface area contributed by atoms with Gasteiger partial charge in [-0.2, -0.15) is 0 Å². The van der Waals surface area contributed by atoms with Gasteiger partial charge in [0.05, 0.1) is 0 Å². The number of carboxylic acids is 1. The molecule has 0 aromatic heterocycles. The fourth-order valence-electron chi connectivity index (χ4n) is 2.78. The van der Waals surface area contributed by atoms with E-state index in [0.717, 1.165) is 37.9 Å². The van der Waals surface area contributed by atoms with Gasteiger partial charge in [-0.1, -0.05) is 12.1 Å². The molecule has 0 unspecified atom stereocenters. The van der Waals surface area contributed by atoms with Gasteiger partial charge in [-0.05, 0) is 56.5 Å². The highest BCUT2D eigenvalue weighted by molar-refractivity contribution is 5.66. The highest BCUT2D eigenvalue weighted by Crippen LogP contribution is 2.32. The van der Waals surface area contributed by atoms with Gasteiger partial charge in [0.15, 0.2) is 0 Å². The summed E-state index contributed by atoms with van der Waals surface area (Å²) in [7, 11) is 0. The molecule has 3 nitrogen and oxygen atoms in total. The van der Waals surface area contributed by atoms with Crippen molar-refractivity contribution in [1.82, 2.24) is 4.90 Å². The van der Waals surface area contributed by atoms with Crippen LogP contribution >= 0.6 is 0 Å². The van der Waals surface area contributed by atoms with Crippen LogP contribution in [0, 0.1) is 5.82 Å². The van der Waals surface area contributed by atoms with Crippen LogP contribution in [0.2, 0.25) is 0 Å². The lowest BCUT2D eigenvalue weighted by Crippen LogP contribution is -2.24. The van der Waals surface area contributed by atoms with E-state index in [-0.39, 0.29) is 12.2 Å². The molecule has 0 aliphatic carbocycles. The number of hydrogen-bond acceptors (Lipinski definition) is 2. The highest BCUT2D eigenvalue weighted by Gasteiger charge is 2.25. The first-order valence-electron chi connectivity index (χ1n) is 6.88. The predicted octanol–water partition coefficient (Wildman–Crippen LogP) is 3.22. The zero-order valence-electron chi connectivity index (χ0n) is 11.0. The summed E-state index contributed by atoms with van der Waals surface area (Å²) in [6.07, 6.45) is 4.01. The van der Waals surface area contributed by atoms with Gasteiger partial charge in [-0.3, -0.25) is 9.69 Å². The molecule has 4 heteroatoms. The average molecular weight is 265 g/mol. The summed E-state index contributed by atoms with van der Waals surface area (Å²) < 4.78 is 13.3. The third kappa shape index (κ3) is 4.03. The van der Waals surface area contributed by atoms with Crippen molar-refractivity contribution in [2.24, 2.45) is 0 Å². The fourth-order valence-corrected chi connectivity index (χ4v) is 2.78. The van der Waals surface area contributed by atoms with E-state index in [2.05, 4.69) is 4.90 Å². The van der Waals surface area contributed by atoms with Crippen molar-refractivity contribution in [3.63, 3.8) is 0 Å². The van der Waals surface area contributed by atoms with Crippen molar-refractivity contribution in [2.75, 3.05) is 13.1 Å². The number of likely N-dealkylation sites (tertiary alicyclic amines) is 1. The Bertz CT molecular complexity index is 436. The molecule has 1 heterocycles. The van der Waals surface area contributed by atoms with Crippen LogP contribution in [0.1, 0.15) is 43.7 Å². The number of carboxylic acid groups (broad SMARTS) is 1. The van der Waals surface area contributed by atoms with Crippen LogP contribution in [0.25, 0.3) is 0 Å². The summed E-state index contributed by atoms with van der Waals surface area (Å²) in [5, 5.41) is 8.61. The monoisotopic (exact) mass is 265 g/mol. The standard InChI is InChI=1S/C15H20FNO2/c16-13-6-3-5-12(11-13)14-7-4-10-17(14)9-2-1-8-15(18)19/h3,5-6,11,14H,1-2,4,7-10H2,(H,18,19)/t14-/m1/s1. The zero-order valence-corrected chi connectivity index (χ0v) is 11.0. The Kier molecular flexibility index (Phi) is 4.91. The second kappa shape index (κ2) is 6.66. The van der Waals surface area contributed by atoms with Gasteiger partial charge in [-0.15, -0.1) is 0 Å². The summed E-state index contributed by atoms with van der Waals surface area (Å²) in [4.78, 5) is 12.8. The normalized spacial score (nSPS) is 19.7. The number of aliphatic carboxylic acids is 1. The summed E-state index contributed by atoms with van der Waals surface area (Å²) in [6.45, 7) is 1.92. The van der Waals surface area contributed by atoms with Gasteiger partial charge in [0.1, 0.15) is 5.82 Å². The molecule has 1 aliphatic heterocycles. The van der Waals surface area contributed by atoms with Crippen LogP contribution in [-0.2, 0) is 4.79 Å². The Labute approximate surface area is 113 Å². The van der Waals surface area contributed by atoms with Gasteiger partial charge >= 0.3 is 5.97 Å². The minimum absolute atomic E-state index is 0.185. The Morgan fingerprint density at radius 2 is 2.26 bits per heavy atom. The third-order valence-electron chi connectivity index (χ3n) is 3.68. The van der Waals surface area contributed by atoms with Crippen molar-refractivity contribution in [3.8, 4) is 0 Å². The van der Waals surface area contributed by atoms with E-state index in [1.807, 2.05) is 6.07 Å². The molecule has 2 rings (SSSR count). The number of nitrogens with zero attached hydrogens (tertiary/aromatic N) is 1. The van der Waals surface area contributed by atoms with Crippen LogP contribution in [0.4, 0.5) is 4.39 Å². The number of hydrogen-bond donors (Lipinski definition) is 1. The lowest BCUT2D eigenvalue weighted by atomic mass is 10.0. The van der Waals surface area contributed by atoms with E-state index in [9.17, 15) is 9.18 Å². The number of halogens is 1. The minimum Gasteiger partial charge on any atom is -0.481 e. The van der Waals surface area contributed by atoms with Crippen LogP contribution in [-0.4, -0.2) is 29.1 Å². The van der Waals surface area contributed by atoms with Gasteiger partial charge in [0, 0.05) is 12.5 Å². The molecule has 1 aromatic rings. The molecule has 1 saturated heterocycles. The molecule has 0 saturated carbocycles. The van der Waals surface area contributed by atoms with Gasteiger partial charge in [-0.25, -0.2) is 4.39 Å². The Morgan fingerprint density at radius 3 is 3.00 bits per heavy atom. The van der Waals surface area contributed by atoms with Crippen LogP contribution in [0.3, 0.4) is 0 Å². The molecule has 0 spiro atoms. The smallest absolute Gasteiger partial charge is 0.303 e. The van der Waals surface area contributed by atoms with Crippen molar-refractivity contribution in [3.05, 3.63) is 35.6 Å². The predicted molar refractivity (Wildman–Crippen MR) is 71.4 cm³/mol. The van der Waals surface area contributed by atoms with Gasteiger partial charge in [0.2, 0.25) is 0 Å². The molecule has 104 valence electrons. The lowest BCUT2D eigenvalue weighted by molar-refractivity contribution is -0.137. The SMILES string of the molecule is O=C(O)CCCCN1CCC[C@@H]1c1cccc(F)c1. The molecule has 0 radical (unpaired) electrons. The molecule has 0 amide bonds. The molecule has 1 aromatic carbocycles. The molecular weight excluding hydrogens is 245 g/mol. The molecule has 1 atom stereocenters. The molecular formula is C15H20FNO2. The van der Waals surface area contributed by atoms with E-state index in [1.165, 1.54) is 6.07 Å². The maximum atomic E-state index is 13.3. The number of rotatable bonds is 6. The maximum absolute atomic E-state index is 13.3. The van der Waals surface area contributed by atoms with Crippen LogP contribution in [0.15, 0.2) is 24.3 Å². The van der Waals surface area contributed by atoms with Gasteiger partial charge in [0.25, 0.3) is 0 Å². The second-order valence-electron chi connectivity index (χ2n) is 5.10. The summed E-state index contributed by atoms with van der Waals surface area (Å²) in [6, 6.07) is 7.10. The summed E-state index contributed by atoms with van der Waals surface area (Å²) >= 11 is 0. The van der Waals surface area contributed by atoms with Crippen molar-refractivity contribution in [1.29, 1.82) is 0 Å². The van der Waals surface area contributed by atoms with Gasteiger partial charge < -0.3 is 5.11 Å². The highest BCUT2D eigenvalue weighted by atomic mass is 19.1. The topological polar surface area (TPSA) is 40.5 Å². The van der Waals surface area contributed by atoms with E-state index >= 15 is 0 Å². The quantitative estimate of drug-likeness (QED) is 0.803. The Morgan fingerprint density at radius 1 is 1.42 bits per heavy atom. The fraction of sp³-hybridized carbons (Fsp3) is 0.533. The third-order valence-corrected chi connectivity index (χ3v) is 3.68. The maximum Gasteiger partial charge on any atom is 0.303 e. The zero-order chi connectivity index (χ0) is 13.7. The number of carbonyl (C=O) groups is 1. The van der Waals surface area contributed by atoms with Crippen molar-refractivity contribution >= 4 is 5.97 Å². The number of unbranched alkanes of at least 4 members (excludes halogenated alkanes) is 1. The first-order valence-corrected chi connectivity index (χ1v) is 6.88. The van der Waals surface area contributed by atoms with E-state index in [1.54, 1.807) is 12.1 Å². The molecule has 1 N–H and O–H groups in total. The summed E-state index contributed by atoms with van der Waals surface area (Å²) in [5.74, 6) is -0.918. The molecule has 1 aliphatic rings. The molecule has 0 bridgehead atoms. The minimum atomic E-state index is -0.733. The molecule has 19 heavy (non-hydrogen) atoms.